The lowest BCUT2D eigenvalue weighted by atomic mass is 10.0. The minimum atomic E-state index is -1.09. The first-order valence-corrected chi connectivity index (χ1v) is 4.05. The van der Waals surface area contributed by atoms with E-state index in [-0.39, 0.29) is 5.56 Å². The molecule has 0 heterocycles. The Morgan fingerprint density at radius 2 is 1.93 bits per heavy atom. The van der Waals surface area contributed by atoms with Crippen molar-refractivity contribution in [2.24, 2.45) is 5.73 Å². The van der Waals surface area contributed by atoms with E-state index < -0.39 is 29.5 Å². The maximum absolute atomic E-state index is 12.8. The maximum atomic E-state index is 12.8. The van der Waals surface area contributed by atoms with Gasteiger partial charge in [-0.1, -0.05) is 0 Å². The first-order chi connectivity index (χ1) is 6.43. The van der Waals surface area contributed by atoms with Crippen LogP contribution in [0.15, 0.2) is 12.1 Å². The molecule has 0 aromatic heterocycles. The summed E-state index contributed by atoms with van der Waals surface area (Å²) in [6, 6.07) is 0.434. The highest BCUT2D eigenvalue weighted by atomic mass is 19.1. The normalized spacial score (nSPS) is 15.2. The van der Waals surface area contributed by atoms with Gasteiger partial charge in [-0.3, -0.25) is 0 Å². The summed E-state index contributed by atoms with van der Waals surface area (Å²) in [5.74, 6) is -2.65. The van der Waals surface area contributed by atoms with Crippen LogP contribution in [0, 0.1) is 11.6 Å². The highest BCUT2D eigenvalue weighted by molar-refractivity contribution is 5.37. The predicted molar refractivity (Wildman–Crippen MR) is 46.6 cm³/mol. The van der Waals surface area contributed by atoms with Crippen LogP contribution >= 0.6 is 0 Å². The molecule has 4 N–H and O–H groups in total. The van der Waals surface area contributed by atoms with Crippen LogP contribution in [0.4, 0.5) is 8.78 Å². The van der Waals surface area contributed by atoms with Gasteiger partial charge in [-0.05, 0) is 13.0 Å². The molecule has 0 bridgehead atoms. The second-order valence-electron chi connectivity index (χ2n) is 3.09. The minimum absolute atomic E-state index is 0.141. The Balaban J connectivity index is 3.20. The van der Waals surface area contributed by atoms with Gasteiger partial charge in [0.2, 0.25) is 0 Å². The molecule has 0 aliphatic carbocycles. The molecule has 3 nitrogen and oxygen atoms in total. The van der Waals surface area contributed by atoms with Crippen molar-refractivity contribution < 1.29 is 19.0 Å². The number of aliphatic hydroxyl groups is 1. The van der Waals surface area contributed by atoms with Crippen LogP contribution in [0.1, 0.15) is 18.5 Å². The molecule has 0 aliphatic heterocycles. The van der Waals surface area contributed by atoms with E-state index in [1.54, 1.807) is 0 Å². The predicted octanol–water partition coefficient (Wildman–Crippen LogP) is 1.05. The van der Waals surface area contributed by atoms with Crippen LogP contribution < -0.4 is 5.73 Å². The Morgan fingerprint density at radius 1 is 1.36 bits per heavy atom. The zero-order chi connectivity index (χ0) is 10.9. The van der Waals surface area contributed by atoms with Crippen LogP contribution in [0.2, 0.25) is 0 Å². The lowest BCUT2D eigenvalue weighted by molar-refractivity contribution is 0.162. The van der Waals surface area contributed by atoms with Crippen molar-refractivity contribution in [3.63, 3.8) is 0 Å². The molecule has 0 aliphatic rings. The number of nitrogens with two attached hydrogens (primary N) is 1. The highest BCUT2D eigenvalue weighted by Gasteiger charge is 2.19. The smallest absolute Gasteiger partial charge is 0.168 e. The number of rotatable bonds is 2. The van der Waals surface area contributed by atoms with Gasteiger partial charge in [0.15, 0.2) is 11.6 Å². The van der Waals surface area contributed by atoms with Gasteiger partial charge in [0, 0.05) is 11.6 Å². The Kier molecular flexibility index (Phi) is 3.03. The average molecular weight is 203 g/mol. The van der Waals surface area contributed by atoms with Gasteiger partial charge in [0.1, 0.15) is 5.82 Å². The molecule has 0 amide bonds. The van der Waals surface area contributed by atoms with Crippen molar-refractivity contribution in [2.75, 3.05) is 0 Å². The van der Waals surface area contributed by atoms with E-state index in [0.717, 1.165) is 6.07 Å². The van der Waals surface area contributed by atoms with Crippen LogP contribution in [0.5, 0.6) is 5.75 Å². The van der Waals surface area contributed by atoms with Crippen molar-refractivity contribution in [3.05, 3.63) is 29.3 Å². The first kappa shape index (κ1) is 10.9. The van der Waals surface area contributed by atoms with Gasteiger partial charge < -0.3 is 15.9 Å². The Bertz CT molecular complexity index is 342. The van der Waals surface area contributed by atoms with E-state index >= 15 is 0 Å². The number of hydrogen-bond acceptors (Lipinski definition) is 3. The number of aliphatic hydroxyl groups excluding tert-OH is 1. The molecule has 2 atom stereocenters. The van der Waals surface area contributed by atoms with E-state index in [0.29, 0.717) is 6.07 Å². The molecule has 1 aromatic rings. The molecule has 1 aromatic carbocycles. The summed E-state index contributed by atoms with van der Waals surface area (Å²) in [6.07, 6.45) is -0.998. The standard InChI is InChI=1S/C9H11F2NO2/c1-4(13)8(12)6-2-5(10)3-7(11)9(6)14/h2-4,8,13-14H,12H2,1H3. The van der Waals surface area contributed by atoms with Crippen LogP contribution in [-0.2, 0) is 0 Å². The molecule has 0 saturated heterocycles. The third-order valence-electron chi connectivity index (χ3n) is 1.94. The van der Waals surface area contributed by atoms with E-state index in [1.807, 2.05) is 0 Å². The molecule has 0 spiro atoms. The Morgan fingerprint density at radius 3 is 2.43 bits per heavy atom. The summed E-state index contributed by atoms with van der Waals surface area (Å²) in [4.78, 5) is 0. The summed E-state index contributed by atoms with van der Waals surface area (Å²) in [7, 11) is 0. The van der Waals surface area contributed by atoms with Gasteiger partial charge in [0.25, 0.3) is 0 Å². The zero-order valence-corrected chi connectivity index (χ0v) is 7.54. The van der Waals surface area contributed by atoms with Crippen molar-refractivity contribution >= 4 is 0 Å². The van der Waals surface area contributed by atoms with Gasteiger partial charge in [-0.2, -0.15) is 0 Å². The second kappa shape index (κ2) is 3.89. The summed E-state index contributed by atoms with van der Waals surface area (Å²) < 4.78 is 25.6. The number of aromatic hydroxyl groups is 1. The maximum Gasteiger partial charge on any atom is 0.168 e. The molecule has 0 radical (unpaired) electrons. The summed E-state index contributed by atoms with van der Waals surface area (Å²) in [6.45, 7) is 1.37. The quantitative estimate of drug-likeness (QED) is 0.673. The minimum Gasteiger partial charge on any atom is -0.505 e. The highest BCUT2D eigenvalue weighted by Crippen LogP contribution is 2.28. The van der Waals surface area contributed by atoms with Crippen LogP contribution in [-0.4, -0.2) is 16.3 Å². The van der Waals surface area contributed by atoms with E-state index in [1.165, 1.54) is 6.92 Å². The van der Waals surface area contributed by atoms with Gasteiger partial charge in [-0.25, -0.2) is 8.78 Å². The topological polar surface area (TPSA) is 66.5 Å². The lowest BCUT2D eigenvalue weighted by Gasteiger charge is -2.16. The van der Waals surface area contributed by atoms with Crippen molar-refractivity contribution in [2.45, 2.75) is 19.1 Å². The molecular weight excluding hydrogens is 192 g/mol. The molecule has 5 heteroatoms. The zero-order valence-electron chi connectivity index (χ0n) is 7.54. The molecule has 14 heavy (non-hydrogen) atoms. The molecular formula is C9H11F2NO2. The van der Waals surface area contributed by atoms with Crippen molar-refractivity contribution in [3.8, 4) is 5.75 Å². The second-order valence-corrected chi connectivity index (χ2v) is 3.09. The lowest BCUT2D eigenvalue weighted by Crippen LogP contribution is -2.23. The van der Waals surface area contributed by atoms with Crippen LogP contribution in [0.3, 0.4) is 0 Å². The molecule has 0 saturated carbocycles. The molecule has 2 unspecified atom stereocenters. The third-order valence-corrected chi connectivity index (χ3v) is 1.94. The van der Waals surface area contributed by atoms with Gasteiger partial charge in [0.05, 0.1) is 12.1 Å². The molecule has 1 rings (SSSR count). The number of halogens is 2. The Labute approximate surface area is 79.8 Å². The number of phenolic OH excluding ortho intramolecular Hbond substituents is 1. The van der Waals surface area contributed by atoms with Gasteiger partial charge >= 0.3 is 0 Å². The fraction of sp³-hybridized carbons (Fsp3) is 0.333. The summed E-state index contributed by atoms with van der Waals surface area (Å²) in [5, 5.41) is 18.3. The largest absolute Gasteiger partial charge is 0.505 e. The third kappa shape index (κ3) is 2.00. The van der Waals surface area contributed by atoms with E-state index in [4.69, 9.17) is 10.8 Å². The number of benzene rings is 1. The van der Waals surface area contributed by atoms with Crippen LogP contribution in [0.25, 0.3) is 0 Å². The van der Waals surface area contributed by atoms with Crippen molar-refractivity contribution in [1.82, 2.24) is 0 Å². The Hall–Kier alpha value is -1.20. The fourth-order valence-corrected chi connectivity index (χ4v) is 1.10. The SMILES string of the molecule is CC(O)C(N)c1cc(F)cc(F)c1O. The monoisotopic (exact) mass is 203 g/mol. The van der Waals surface area contributed by atoms with E-state index in [9.17, 15) is 13.9 Å². The van der Waals surface area contributed by atoms with E-state index in [2.05, 4.69) is 0 Å². The molecule has 78 valence electrons. The first-order valence-electron chi connectivity index (χ1n) is 4.05. The number of hydrogen-bond donors (Lipinski definition) is 3. The van der Waals surface area contributed by atoms with Gasteiger partial charge in [-0.15, -0.1) is 0 Å². The molecule has 0 fully saturated rings. The summed E-state index contributed by atoms with van der Waals surface area (Å²) >= 11 is 0. The van der Waals surface area contributed by atoms with Crippen molar-refractivity contribution in [1.29, 1.82) is 0 Å². The summed E-state index contributed by atoms with van der Waals surface area (Å²) in [5.41, 5.74) is 5.29. The average Bonchev–Trinajstić information content (AvgIpc) is 2.09. The number of phenols is 1. The fourth-order valence-electron chi connectivity index (χ4n) is 1.10.